The van der Waals surface area contributed by atoms with Crippen LogP contribution in [0.4, 0.5) is 0 Å². The van der Waals surface area contributed by atoms with Gasteiger partial charge in [0.2, 0.25) is 11.8 Å². The number of oxazole rings is 1. The number of aliphatic hydroxyl groups is 1. The number of carbonyl (C=O) groups is 1. The van der Waals surface area contributed by atoms with Gasteiger partial charge in [-0.05, 0) is 44.7 Å². The average Bonchev–Trinajstić information content (AvgIpc) is 3.34. The maximum Gasteiger partial charge on any atom is 0.226 e. The van der Waals surface area contributed by atoms with Crippen molar-refractivity contribution in [2.75, 3.05) is 6.61 Å². The van der Waals surface area contributed by atoms with Gasteiger partial charge in [0.1, 0.15) is 5.76 Å². The SMILES string of the molecule is Cc1oc(-c2ccccc2)nc1CC(=O)NC(C)(CO)C1CC1. The number of hydrogen-bond donors (Lipinski definition) is 2. The van der Waals surface area contributed by atoms with Gasteiger partial charge in [-0.3, -0.25) is 4.79 Å². The van der Waals surface area contributed by atoms with Gasteiger partial charge in [0, 0.05) is 5.56 Å². The molecule has 1 fully saturated rings. The van der Waals surface area contributed by atoms with Crippen molar-refractivity contribution in [1.29, 1.82) is 0 Å². The normalized spacial score (nSPS) is 16.8. The van der Waals surface area contributed by atoms with Gasteiger partial charge in [0.15, 0.2) is 0 Å². The predicted octanol–water partition coefficient (Wildman–Crippen LogP) is 2.47. The Balaban J connectivity index is 1.70. The van der Waals surface area contributed by atoms with Crippen molar-refractivity contribution in [3.63, 3.8) is 0 Å². The topological polar surface area (TPSA) is 75.4 Å². The summed E-state index contributed by atoms with van der Waals surface area (Å²) in [5.74, 6) is 1.41. The van der Waals surface area contributed by atoms with Gasteiger partial charge < -0.3 is 14.8 Å². The molecule has 1 atom stereocenters. The third kappa shape index (κ3) is 3.45. The Hall–Kier alpha value is -2.14. The third-order valence-corrected chi connectivity index (χ3v) is 4.47. The summed E-state index contributed by atoms with van der Waals surface area (Å²) in [5.41, 5.74) is 0.995. The van der Waals surface area contributed by atoms with Gasteiger partial charge in [-0.1, -0.05) is 18.2 Å². The molecule has 0 bridgehead atoms. The number of aryl methyl sites for hydroxylation is 1. The molecule has 2 N–H and O–H groups in total. The van der Waals surface area contributed by atoms with Crippen LogP contribution in [0.15, 0.2) is 34.7 Å². The molecule has 0 saturated heterocycles. The zero-order chi connectivity index (χ0) is 16.4. The number of aliphatic hydroxyl groups excluding tert-OH is 1. The lowest BCUT2D eigenvalue weighted by Crippen LogP contribution is -2.51. The Morgan fingerprint density at radius 3 is 2.70 bits per heavy atom. The second kappa shape index (κ2) is 6.16. The maximum atomic E-state index is 12.3. The molecule has 2 aromatic rings. The van der Waals surface area contributed by atoms with E-state index in [1.165, 1.54) is 0 Å². The number of hydrogen-bond acceptors (Lipinski definition) is 4. The van der Waals surface area contributed by atoms with Crippen molar-refractivity contribution >= 4 is 5.91 Å². The van der Waals surface area contributed by atoms with Crippen LogP contribution in [-0.2, 0) is 11.2 Å². The molecule has 23 heavy (non-hydrogen) atoms. The Kier molecular flexibility index (Phi) is 4.22. The summed E-state index contributed by atoms with van der Waals surface area (Å²) in [6.07, 6.45) is 2.27. The quantitative estimate of drug-likeness (QED) is 0.859. The Labute approximate surface area is 135 Å². The van der Waals surface area contributed by atoms with Crippen LogP contribution in [0.5, 0.6) is 0 Å². The molecule has 5 nitrogen and oxygen atoms in total. The highest BCUT2D eigenvalue weighted by molar-refractivity contribution is 5.79. The highest BCUT2D eigenvalue weighted by atomic mass is 16.4. The summed E-state index contributed by atoms with van der Waals surface area (Å²) in [6, 6.07) is 9.62. The number of benzene rings is 1. The fourth-order valence-corrected chi connectivity index (χ4v) is 2.80. The van der Waals surface area contributed by atoms with Crippen LogP contribution in [0, 0.1) is 12.8 Å². The number of nitrogens with zero attached hydrogens (tertiary/aromatic N) is 1. The Bertz CT molecular complexity index is 692. The molecular weight excluding hydrogens is 292 g/mol. The van der Waals surface area contributed by atoms with Crippen molar-refractivity contribution in [2.24, 2.45) is 5.92 Å². The molecular formula is C18H22N2O3. The molecule has 1 aromatic carbocycles. The lowest BCUT2D eigenvalue weighted by Gasteiger charge is -2.28. The number of carbonyl (C=O) groups excluding carboxylic acids is 1. The van der Waals surface area contributed by atoms with Gasteiger partial charge in [-0.15, -0.1) is 0 Å². The van der Waals surface area contributed by atoms with Gasteiger partial charge in [-0.2, -0.15) is 0 Å². The average molecular weight is 314 g/mol. The first-order valence-electron chi connectivity index (χ1n) is 7.95. The van der Waals surface area contributed by atoms with Crippen LogP contribution in [0.25, 0.3) is 11.5 Å². The summed E-state index contributed by atoms with van der Waals surface area (Å²) < 4.78 is 5.68. The van der Waals surface area contributed by atoms with Crippen molar-refractivity contribution < 1.29 is 14.3 Å². The summed E-state index contributed by atoms with van der Waals surface area (Å²) in [7, 11) is 0. The fraction of sp³-hybridized carbons (Fsp3) is 0.444. The first-order chi connectivity index (χ1) is 11.0. The lowest BCUT2D eigenvalue weighted by molar-refractivity contribution is -0.123. The van der Waals surface area contributed by atoms with Crippen LogP contribution in [-0.4, -0.2) is 28.1 Å². The van der Waals surface area contributed by atoms with E-state index in [0.717, 1.165) is 18.4 Å². The fourth-order valence-electron chi connectivity index (χ4n) is 2.80. The zero-order valence-electron chi connectivity index (χ0n) is 13.5. The molecule has 122 valence electrons. The molecule has 1 aliphatic rings. The standard InChI is InChI=1S/C18H22N2O3/c1-12-15(19-17(23-12)13-6-4-3-5-7-13)10-16(22)20-18(2,11-21)14-8-9-14/h3-7,14,21H,8-11H2,1-2H3,(H,20,22). The van der Waals surface area contributed by atoms with E-state index < -0.39 is 5.54 Å². The van der Waals surface area contributed by atoms with Gasteiger partial charge >= 0.3 is 0 Å². The number of nitrogens with one attached hydrogen (secondary N) is 1. The summed E-state index contributed by atoms with van der Waals surface area (Å²) in [4.78, 5) is 16.8. The second-order valence-electron chi connectivity index (χ2n) is 6.46. The smallest absolute Gasteiger partial charge is 0.226 e. The Morgan fingerprint density at radius 2 is 2.09 bits per heavy atom. The third-order valence-electron chi connectivity index (χ3n) is 4.47. The molecule has 1 saturated carbocycles. The number of amides is 1. The molecule has 5 heteroatoms. The molecule has 1 amide bonds. The van der Waals surface area contributed by atoms with E-state index in [1.807, 2.05) is 44.2 Å². The highest BCUT2D eigenvalue weighted by Gasteiger charge is 2.42. The van der Waals surface area contributed by atoms with E-state index in [4.69, 9.17) is 4.42 Å². The second-order valence-corrected chi connectivity index (χ2v) is 6.46. The van der Waals surface area contributed by atoms with E-state index in [0.29, 0.717) is 23.3 Å². The van der Waals surface area contributed by atoms with E-state index in [2.05, 4.69) is 10.3 Å². The van der Waals surface area contributed by atoms with E-state index in [1.54, 1.807) is 0 Å². The van der Waals surface area contributed by atoms with Crippen LogP contribution < -0.4 is 5.32 Å². The van der Waals surface area contributed by atoms with Gasteiger partial charge in [0.05, 0.1) is 24.3 Å². The van der Waals surface area contributed by atoms with Crippen LogP contribution in [0.3, 0.4) is 0 Å². The minimum atomic E-state index is -0.531. The van der Waals surface area contributed by atoms with Gasteiger partial charge in [0.25, 0.3) is 0 Å². The van der Waals surface area contributed by atoms with E-state index in [-0.39, 0.29) is 18.9 Å². The molecule has 1 unspecified atom stereocenters. The minimum absolute atomic E-state index is 0.0452. The van der Waals surface area contributed by atoms with E-state index in [9.17, 15) is 9.90 Å². The molecule has 3 rings (SSSR count). The molecule has 0 spiro atoms. The maximum absolute atomic E-state index is 12.3. The molecule has 1 aromatic heterocycles. The van der Waals surface area contributed by atoms with Crippen LogP contribution in [0.2, 0.25) is 0 Å². The van der Waals surface area contributed by atoms with Gasteiger partial charge in [-0.25, -0.2) is 4.98 Å². The highest BCUT2D eigenvalue weighted by Crippen LogP contribution is 2.39. The zero-order valence-corrected chi connectivity index (χ0v) is 13.5. The molecule has 1 aliphatic carbocycles. The number of aromatic nitrogens is 1. The first kappa shape index (κ1) is 15.7. The first-order valence-corrected chi connectivity index (χ1v) is 7.95. The van der Waals surface area contributed by atoms with E-state index >= 15 is 0 Å². The molecule has 0 aliphatic heterocycles. The summed E-state index contributed by atoms with van der Waals surface area (Å²) in [6.45, 7) is 3.66. The van der Waals surface area contributed by atoms with Crippen molar-refractivity contribution in [3.8, 4) is 11.5 Å². The van der Waals surface area contributed by atoms with Crippen LogP contribution >= 0.6 is 0 Å². The molecule has 1 heterocycles. The summed E-state index contributed by atoms with van der Waals surface area (Å²) in [5, 5.41) is 12.5. The lowest BCUT2D eigenvalue weighted by atomic mass is 9.96. The Morgan fingerprint density at radius 1 is 1.39 bits per heavy atom. The van der Waals surface area contributed by atoms with Crippen molar-refractivity contribution in [2.45, 2.75) is 38.6 Å². The summed E-state index contributed by atoms with van der Waals surface area (Å²) >= 11 is 0. The van der Waals surface area contributed by atoms with Crippen molar-refractivity contribution in [3.05, 3.63) is 41.8 Å². The minimum Gasteiger partial charge on any atom is -0.441 e. The predicted molar refractivity (Wildman–Crippen MR) is 86.7 cm³/mol. The largest absolute Gasteiger partial charge is 0.441 e. The monoisotopic (exact) mass is 314 g/mol. The van der Waals surface area contributed by atoms with Crippen LogP contribution in [0.1, 0.15) is 31.2 Å². The molecule has 0 radical (unpaired) electrons. The number of rotatable bonds is 6. The van der Waals surface area contributed by atoms with Crippen molar-refractivity contribution in [1.82, 2.24) is 10.3 Å².